The molecule has 0 unspecified atom stereocenters. The van der Waals surface area contributed by atoms with Crippen LogP contribution in [0.15, 0.2) is 46.9 Å². The van der Waals surface area contributed by atoms with Crippen LogP contribution in [0.25, 0.3) is 0 Å². The fourth-order valence-corrected chi connectivity index (χ4v) is 2.26. The van der Waals surface area contributed by atoms with Crippen LogP contribution >= 0.6 is 15.9 Å². The number of carbonyl (C=O) groups excluding carboxylic acids is 1. The number of halogens is 5. The molecular formula is C14H8BrF4NO. The van der Waals surface area contributed by atoms with Crippen LogP contribution in [0.3, 0.4) is 0 Å². The molecule has 2 aromatic carbocycles. The summed E-state index contributed by atoms with van der Waals surface area (Å²) in [6, 6.07) is 8.35. The fraction of sp³-hybridized carbons (Fsp3) is 0.0714. The molecule has 0 saturated heterocycles. The van der Waals surface area contributed by atoms with Gasteiger partial charge < -0.3 is 5.32 Å². The average Bonchev–Trinajstić information content (AvgIpc) is 2.37. The fourth-order valence-electron chi connectivity index (χ4n) is 1.74. The molecule has 2 nitrogen and oxygen atoms in total. The number of rotatable bonds is 2. The number of alkyl halides is 3. The number of carbonyl (C=O) groups is 1. The second-order valence-electron chi connectivity index (χ2n) is 4.09. The van der Waals surface area contributed by atoms with Crippen molar-refractivity contribution in [2.75, 3.05) is 5.32 Å². The normalized spacial score (nSPS) is 11.3. The van der Waals surface area contributed by atoms with Crippen LogP contribution in [0.1, 0.15) is 15.9 Å². The Balaban J connectivity index is 2.38. The maximum atomic E-state index is 13.6. The van der Waals surface area contributed by atoms with Gasteiger partial charge in [0.25, 0.3) is 5.91 Å². The van der Waals surface area contributed by atoms with Crippen LogP contribution in [0, 0.1) is 5.82 Å². The number of para-hydroxylation sites is 1. The van der Waals surface area contributed by atoms with Crippen molar-refractivity contribution >= 4 is 27.5 Å². The third-order valence-corrected chi connectivity index (χ3v) is 3.33. The highest BCUT2D eigenvalue weighted by Crippen LogP contribution is 2.35. The molecule has 0 radical (unpaired) electrons. The lowest BCUT2D eigenvalue weighted by Crippen LogP contribution is -2.18. The first-order valence-corrected chi connectivity index (χ1v) is 6.51. The number of amides is 1. The maximum Gasteiger partial charge on any atom is 0.418 e. The van der Waals surface area contributed by atoms with Crippen molar-refractivity contribution in [3.8, 4) is 0 Å². The van der Waals surface area contributed by atoms with Crippen LogP contribution in [-0.2, 0) is 6.18 Å². The molecule has 0 aliphatic carbocycles. The number of benzene rings is 2. The van der Waals surface area contributed by atoms with Crippen molar-refractivity contribution in [3.05, 3.63) is 63.9 Å². The molecule has 0 aliphatic rings. The van der Waals surface area contributed by atoms with Gasteiger partial charge in [0, 0.05) is 4.47 Å². The average molecular weight is 362 g/mol. The summed E-state index contributed by atoms with van der Waals surface area (Å²) in [5.41, 5.74) is -1.77. The zero-order valence-electron chi connectivity index (χ0n) is 10.3. The molecule has 2 aromatic rings. The molecule has 0 bridgehead atoms. The molecule has 21 heavy (non-hydrogen) atoms. The zero-order valence-corrected chi connectivity index (χ0v) is 11.9. The molecule has 0 fully saturated rings. The van der Waals surface area contributed by atoms with E-state index in [0.717, 1.165) is 18.2 Å². The van der Waals surface area contributed by atoms with Gasteiger partial charge in [-0.25, -0.2) is 4.39 Å². The number of hydrogen-bond acceptors (Lipinski definition) is 1. The predicted molar refractivity (Wildman–Crippen MR) is 73.5 cm³/mol. The van der Waals surface area contributed by atoms with Gasteiger partial charge in [-0.2, -0.15) is 13.2 Å². The minimum Gasteiger partial charge on any atom is -0.321 e. The van der Waals surface area contributed by atoms with Gasteiger partial charge >= 0.3 is 6.18 Å². The van der Waals surface area contributed by atoms with Crippen molar-refractivity contribution in [2.24, 2.45) is 0 Å². The zero-order chi connectivity index (χ0) is 15.6. The van der Waals surface area contributed by atoms with Gasteiger partial charge in [0.2, 0.25) is 0 Å². The topological polar surface area (TPSA) is 29.1 Å². The lowest BCUT2D eigenvalue weighted by molar-refractivity contribution is -0.136. The first kappa shape index (κ1) is 15.5. The SMILES string of the molecule is O=C(Nc1ccccc1C(F)(F)F)c1c(F)cccc1Br. The third-order valence-electron chi connectivity index (χ3n) is 2.67. The Morgan fingerprint density at radius 1 is 1.05 bits per heavy atom. The molecule has 2 rings (SSSR count). The Bertz CT molecular complexity index is 665. The van der Waals surface area contributed by atoms with E-state index in [1.165, 1.54) is 24.3 Å². The minimum atomic E-state index is -4.61. The molecule has 7 heteroatoms. The quantitative estimate of drug-likeness (QED) is 0.760. The molecule has 0 saturated carbocycles. The van der Waals surface area contributed by atoms with Crippen molar-refractivity contribution < 1.29 is 22.4 Å². The first-order chi connectivity index (χ1) is 9.80. The van der Waals surface area contributed by atoms with E-state index in [9.17, 15) is 22.4 Å². The van der Waals surface area contributed by atoms with Crippen LogP contribution in [0.5, 0.6) is 0 Å². The smallest absolute Gasteiger partial charge is 0.321 e. The summed E-state index contributed by atoms with van der Waals surface area (Å²) >= 11 is 3.00. The lowest BCUT2D eigenvalue weighted by Gasteiger charge is -2.14. The lowest BCUT2D eigenvalue weighted by atomic mass is 10.1. The Labute approximate surface area is 125 Å². The number of anilines is 1. The van der Waals surface area contributed by atoms with Gasteiger partial charge in [0.1, 0.15) is 5.82 Å². The highest BCUT2D eigenvalue weighted by atomic mass is 79.9. The molecule has 110 valence electrons. The van der Waals surface area contributed by atoms with Crippen LogP contribution < -0.4 is 5.32 Å². The highest BCUT2D eigenvalue weighted by Gasteiger charge is 2.33. The molecule has 0 heterocycles. The summed E-state index contributed by atoms with van der Waals surface area (Å²) in [4.78, 5) is 12.0. The van der Waals surface area contributed by atoms with E-state index < -0.39 is 29.2 Å². The molecule has 0 atom stereocenters. The largest absolute Gasteiger partial charge is 0.418 e. The Kier molecular flexibility index (Phi) is 4.32. The Hall–Kier alpha value is -1.89. The Morgan fingerprint density at radius 3 is 2.33 bits per heavy atom. The van der Waals surface area contributed by atoms with Crippen molar-refractivity contribution in [1.29, 1.82) is 0 Å². The van der Waals surface area contributed by atoms with E-state index in [4.69, 9.17) is 0 Å². The molecule has 0 spiro atoms. The summed E-state index contributed by atoms with van der Waals surface area (Å²) in [5, 5.41) is 2.09. The summed E-state index contributed by atoms with van der Waals surface area (Å²) in [7, 11) is 0. The minimum absolute atomic E-state index is 0.157. The summed E-state index contributed by atoms with van der Waals surface area (Å²) in [6.07, 6.45) is -4.61. The van der Waals surface area contributed by atoms with Crippen molar-refractivity contribution in [1.82, 2.24) is 0 Å². The summed E-state index contributed by atoms with van der Waals surface area (Å²) < 4.78 is 52.3. The molecule has 0 aromatic heterocycles. The summed E-state index contributed by atoms with van der Waals surface area (Å²) in [6.45, 7) is 0. The maximum absolute atomic E-state index is 13.6. The van der Waals surface area contributed by atoms with Crippen LogP contribution in [0.4, 0.5) is 23.2 Å². The Morgan fingerprint density at radius 2 is 1.71 bits per heavy atom. The first-order valence-electron chi connectivity index (χ1n) is 5.72. The summed E-state index contributed by atoms with van der Waals surface area (Å²) in [5.74, 6) is -1.79. The van der Waals surface area contributed by atoms with Crippen molar-refractivity contribution in [2.45, 2.75) is 6.18 Å². The second-order valence-corrected chi connectivity index (χ2v) is 4.95. The standard InChI is InChI=1S/C14H8BrF4NO/c15-9-5-3-6-10(16)12(9)13(21)20-11-7-2-1-4-8(11)14(17,18)19/h1-7H,(H,20,21). The predicted octanol–water partition coefficient (Wildman–Crippen LogP) is 4.86. The third kappa shape index (κ3) is 3.41. The van der Waals surface area contributed by atoms with E-state index in [1.807, 2.05) is 0 Å². The van der Waals surface area contributed by atoms with Gasteiger partial charge in [-0.05, 0) is 40.2 Å². The van der Waals surface area contributed by atoms with Crippen molar-refractivity contribution in [3.63, 3.8) is 0 Å². The van der Waals surface area contributed by atoms with E-state index >= 15 is 0 Å². The molecular weight excluding hydrogens is 354 g/mol. The van der Waals surface area contributed by atoms with Gasteiger partial charge in [-0.1, -0.05) is 18.2 Å². The number of nitrogens with one attached hydrogen (secondary N) is 1. The van der Waals surface area contributed by atoms with Gasteiger partial charge in [0.05, 0.1) is 16.8 Å². The number of hydrogen-bond donors (Lipinski definition) is 1. The molecule has 1 N–H and O–H groups in total. The van der Waals surface area contributed by atoms with Crippen LogP contribution in [0.2, 0.25) is 0 Å². The monoisotopic (exact) mass is 361 g/mol. The van der Waals surface area contributed by atoms with Gasteiger partial charge in [-0.3, -0.25) is 4.79 Å². The molecule has 1 amide bonds. The highest BCUT2D eigenvalue weighted by molar-refractivity contribution is 9.10. The van der Waals surface area contributed by atoms with Gasteiger partial charge in [0.15, 0.2) is 0 Å². The van der Waals surface area contributed by atoms with E-state index in [0.29, 0.717) is 0 Å². The molecule has 0 aliphatic heterocycles. The second kappa shape index (κ2) is 5.85. The van der Waals surface area contributed by atoms with Crippen LogP contribution in [-0.4, -0.2) is 5.91 Å². The van der Waals surface area contributed by atoms with E-state index in [1.54, 1.807) is 0 Å². The van der Waals surface area contributed by atoms with Gasteiger partial charge in [-0.15, -0.1) is 0 Å². The van der Waals surface area contributed by atoms with E-state index in [-0.39, 0.29) is 10.0 Å². The van der Waals surface area contributed by atoms with E-state index in [2.05, 4.69) is 21.2 Å².